The average Bonchev–Trinajstić information content (AvgIpc) is 2.48. The van der Waals surface area contributed by atoms with Gasteiger partial charge in [0.15, 0.2) is 0 Å². The maximum absolute atomic E-state index is 12.5. The van der Waals surface area contributed by atoms with E-state index in [1.807, 2.05) is 20.8 Å². The number of hydrogen-bond donors (Lipinski definition) is 1. The van der Waals surface area contributed by atoms with Gasteiger partial charge in [-0.15, -0.1) is 0 Å². The van der Waals surface area contributed by atoms with E-state index in [4.69, 9.17) is 16.3 Å². The molecule has 1 fully saturated rings. The van der Waals surface area contributed by atoms with Crippen molar-refractivity contribution in [2.24, 2.45) is 5.41 Å². The maximum atomic E-state index is 12.5. The van der Waals surface area contributed by atoms with E-state index in [2.05, 4.69) is 22.2 Å². The molecule has 0 bridgehead atoms. The Morgan fingerprint density at radius 2 is 2.09 bits per heavy atom. The average molecular weight is 340 g/mol. The van der Waals surface area contributed by atoms with E-state index < -0.39 is 5.41 Å². The molecule has 5 nitrogen and oxygen atoms in total. The van der Waals surface area contributed by atoms with Gasteiger partial charge in [0.25, 0.3) is 0 Å². The Bertz CT molecular complexity index is 555. The summed E-state index contributed by atoms with van der Waals surface area (Å²) >= 11 is 5.84. The van der Waals surface area contributed by atoms with Gasteiger partial charge in [-0.2, -0.15) is 0 Å². The van der Waals surface area contributed by atoms with Crippen LogP contribution in [0, 0.1) is 12.3 Å². The van der Waals surface area contributed by atoms with Crippen molar-refractivity contribution in [3.63, 3.8) is 0 Å². The number of halogens is 1. The molecule has 0 unspecified atom stereocenters. The second-order valence-corrected chi connectivity index (χ2v) is 7.33. The van der Waals surface area contributed by atoms with Gasteiger partial charge in [0, 0.05) is 6.04 Å². The second-order valence-electron chi connectivity index (χ2n) is 6.94. The quantitative estimate of drug-likeness (QED) is 0.838. The SMILES string of the molecule is Cc1nc(Cl)ccc1OCC(C)(C)C(=O)NC1CCN(C)CC1. The van der Waals surface area contributed by atoms with Crippen molar-refractivity contribution in [3.8, 4) is 5.75 Å². The molecule has 1 aliphatic rings. The molecule has 2 heterocycles. The molecule has 0 spiro atoms. The van der Waals surface area contributed by atoms with E-state index in [1.165, 1.54) is 0 Å². The van der Waals surface area contributed by atoms with Crippen LogP contribution in [0.25, 0.3) is 0 Å². The highest BCUT2D eigenvalue weighted by molar-refractivity contribution is 6.29. The van der Waals surface area contributed by atoms with Gasteiger partial charge >= 0.3 is 0 Å². The molecule has 1 amide bonds. The molecule has 1 saturated heterocycles. The highest BCUT2D eigenvalue weighted by Crippen LogP contribution is 2.23. The third-order valence-electron chi connectivity index (χ3n) is 4.26. The lowest BCUT2D eigenvalue weighted by molar-refractivity contribution is -0.131. The number of aromatic nitrogens is 1. The third-order valence-corrected chi connectivity index (χ3v) is 4.47. The van der Waals surface area contributed by atoms with Gasteiger partial charge < -0.3 is 15.0 Å². The van der Waals surface area contributed by atoms with E-state index in [0.29, 0.717) is 17.5 Å². The zero-order valence-electron chi connectivity index (χ0n) is 14.4. The normalized spacial score (nSPS) is 17.1. The van der Waals surface area contributed by atoms with Gasteiger partial charge in [-0.3, -0.25) is 4.79 Å². The van der Waals surface area contributed by atoms with E-state index in [0.717, 1.165) is 31.6 Å². The maximum Gasteiger partial charge on any atom is 0.229 e. The molecule has 0 aromatic carbocycles. The Kier molecular flexibility index (Phi) is 5.87. The first-order valence-corrected chi connectivity index (χ1v) is 8.41. The smallest absolute Gasteiger partial charge is 0.229 e. The third kappa shape index (κ3) is 5.08. The highest BCUT2D eigenvalue weighted by atomic mass is 35.5. The lowest BCUT2D eigenvalue weighted by atomic mass is 9.92. The van der Waals surface area contributed by atoms with Crippen LogP contribution in [0.1, 0.15) is 32.4 Å². The van der Waals surface area contributed by atoms with E-state index in [1.54, 1.807) is 12.1 Å². The van der Waals surface area contributed by atoms with Crippen LogP contribution in [0.2, 0.25) is 5.15 Å². The Balaban J connectivity index is 1.88. The van der Waals surface area contributed by atoms with Crippen molar-refractivity contribution in [1.29, 1.82) is 0 Å². The van der Waals surface area contributed by atoms with Crippen LogP contribution in [0.4, 0.5) is 0 Å². The van der Waals surface area contributed by atoms with Crippen molar-refractivity contribution in [2.75, 3.05) is 26.7 Å². The highest BCUT2D eigenvalue weighted by Gasteiger charge is 2.31. The standard InChI is InChI=1S/C17H26ClN3O2/c1-12-14(5-6-15(18)19-12)23-11-17(2,3)16(22)20-13-7-9-21(4)10-8-13/h5-6,13H,7-11H2,1-4H3,(H,20,22). The first-order chi connectivity index (χ1) is 10.8. The molecule has 0 saturated carbocycles. The number of piperidine rings is 1. The molecule has 2 rings (SSSR count). The van der Waals surface area contributed by atoms with Crippen LogP contribution in [0.5, 0.6) is 5.75 Å². The lowest BCUT2D eigenvalue weighted by Gasteiger charge is -2.32. The fourth-order valence-electron chi connectivity index (χ4n) is 2.53. The Hall–Kier alpha value is -1.33. The molecule has 0 radical (unpaired) electrons. The van der Waals surface area contributed by atoms with Gasteiger partial charge in [-0.1, -0.05) is 11.6 Å². The summed E-state index contributed by atoms with van der Waals surface area (Å²) in [7, 11) is 2.11. The Morgan fingerprint density at radius 3 is 2.70 bits per heavy atom. The first-order valence-electron chi connectivity index (χ1n) is 8.03. The second kappa shape index (κ2) is 7.49. The monoisotopic (exact) mass is 339 g/mol. The number of rotatable bonds is 5. The largest absolute Gasteiger partial charge is 0.491 e. The summed E-state index contributed by atoms with van der Waals surface area (Å²) in [6.07, 6.45) is 2.00. The van der Waals surface area contributed by atoms with Crippen molar-refractivity contribution in [3.05, 3.63) is 23.0 Å². The molecule has 1 aliphatic heterocycles. The summed E-state index contributed by atoms with van der Waals surface area (Å²) < 4.78 is 5.79. The van der Waals surface area contributed by atoms with Crippen molar-refractivity contribution in [2.45, 2.75) is 39.7 Å². The number of pyridine rings is 1. The Labute approximate surface area is 143 Å². The number of hydrogen-bond acceptors (Lipinski definition) is 4. The van der Waals surface area contributed by atoms with Gasteiger partial charge in [-0.25, -0.2) is 4.98 Å². The fourth-order valence-corrected chi connectivity index (χ4v) is 2.72. The number of likely N-dealkylation sites (tertiary alicyclic amines) is 1. The zero-order valence-corrected chi connectivity index (χ0v) is 15.1. The molecular weight excluding hydrogens is 314 g/mol. The van der Waals surface area contributed by atoms with Crippen LogP contribution < -0.4 is 10.1 Å². The van der Waals surface area contributed by atoms with Crippen LogP contribution in [-0.2, 0) is 4.79 Å². The summed E-state index contributed by atoms with van der Waals surface area (Å²) in [6, 6.07) is 3.74. The summed E-state index contributed by atoms with van der Waals surface area (Å²) in [5, 5.41) is 3.60. The van der Waals surface area contributed by atoms with E-state index >= 15 is 0 Å². The number of nitrogens with zero attached hydrogens (tertiary/aromatic N) is 2. The molecule has 0 aliphatic carbocycles. The number of nitrogens with one attached hydrogen (secondary N) is 1. The molecular formula is C17H26ClN3O2. The number of carbonyl (C=O) groups is 1. The predicted molar refractivity (Wildman–Crippen MR) is 91.9 cm³/mol. The van der Waals surface area contributed by atoms with Crippen molar-refractivity contribution < 1.29 is 9.53 Å². The summed E-state index contributed by atoms with van der Waals surface area (Å²) in [6.45, 7) is 7.99. The van der Waals surface area contributed by atoms with Crippen LogP contribution in [-0.4, -0.2) is 48.6 Å². The van der Waals surface area contributed by atoms with E-state index in [-0.39, 0.29) is 11.9 Å². The van der Waals surface area contributed by atoms with Gasteiger partial charge in [-0.05, 0) is 65.9 Å². The van der Waals surface area contributed by atoms with Gasteiger partial charge in [0.1, 0.15) is 17.5 Å². The van der Waals surface area contributed by atoms with E-state index in [9.17, 15) is 4.79 Å². The van der Waals surface area contributed by atoms with Gasteiger partial charge in [0.2, 0.25) is 5.91 Å². The first kappa shape index (κ1) is 18.0. The molecule has 128 valence electrons. The van der Waals surface area contributed by atoms with Crippen LogP contribution in [0.3, 0.4) is 0 Å². The fraction of sp³-hybridized carbons (Fsp3) is 0.647. The summed E-state index contributed by atoms with van der Waals surface area (Å²) in [5.41, 5.74) is 0.124. The number of carbonyl (C=O) groups excluding carboxylic acids is 1. The minimum absolute atomic E-state index is 0.0339. The van der Waals surface area contributed by atoms with Gasteiger partial charge in [0.05, 0.1) is 11.1 Å². The number of aryl methyl sites for hydroxylation is 1. The molecule has 1 aromatic rings. The predicted octanol–water partition coefficient (Wildman–Crippen LogP) is 2.66. The van der Waals surface area contributed by atoms with Crippen molar-refractivity contribution in [1.82, 2.24) is 15.2 Å². The van der Waals surface area contributed by atoms with Crippen molar-refractivity contribution >= 4 is 17.5 Å². The number of ether oxygens (including phenoxy) is 1. The molecule has 0 atom stereocenters. The zero-order chi connectivity index (χ0) is 17.0. The minimum atomic E-state index is -0.602. The lowest BCUT2D eigenvalue weighted by Crippen LogP contribution is -2.49. The van der Waals surface area contributed by atoms with Crippen LogP contribution >= 0.6 is 11.6 Å². The minimum Gasteiger partial charge on any atom is -0.491 e. The molecule has 1 aromatic heterocycles. The molecule has 23 heavy (non-hydrogen) atoms. The summed E-state index contributed by atoms with van der Waals surface area (Å²) in [4.78, 5) is 19.0. The molecule has 6 heteroatoms. The topological polar surface area (TPSA) is 54.5 Å². The van der Waals surface area contributed by atoms with Crippen LogP contribution in [0.15, 0.2) is 12.1 Å². The molecule has 1 N–H and O–H groups in total. The summed E-state index contributed by atoms with van der Waals surface area (Å²) in [5.74, 6) is 0.696. The Morgan fingerprint density at radius 1 is 1.43 bits per heavy atom. The number of amides is 1.